The van der Waals surface area contributed by atoms with Crippen LogP contribution in [0.25, 0.3) is 11.3 Å². The first-order valence-electron chi connectivity index (χ1n) is 10.4. The molecule has 2 heterocycles. The molecule has 0 N–H and O–H groups in total. The van der Waals surface area contributed by atoms with Crippen LogP contribution in [0.5, 0.6) is 11.6 Å². The highest BCUT2D eigenvalue weighted by Gasteiger charge is 2.35. The summed E-state index contributed by atoms with van der Waals surface area (Å²) in [6.45, 7) is 7.86. The van der Waals surface area contributed by atoms with Crippen LogP contribution < -0.4 is 14.4 Å². The van der Waals surface area contributed by atoms with Gasteiger partial charge in [-0.2, -0.15) is 4.98 Å². The van der Waals surface area contributed by atoms with Gasteiger partial charge in [0.25, 0.3) is 0 Å². The van der Waals surface area contributed by atoms with Crippen LogP contribution in [-0.4, -0.2) is 33.4 Å². The molecule has 2 aromatic carbocycles. The van der Waals surface area contributed by atoms with Gasteiger partial charge in [0, 0.05) is 18.2 Å². The number of benzene rings is 2. The highest BCUT2D eigenvalue weighted by molar-refractivity contribution is 7.99. The van der Waals surface area contributed by atoms with Crippen molar-refractivity contribution in [3.63, 3.8) is 0 Å². The number of carbonyl (C=O) groups excluding carboxylic acids is 1. The lowest BCUT2D eigenvalue weighted by Crippen LogP contribution is -2.36. The smallest absolute Gasteiger partial charge is 0.247 e. The average molecular weight is 449 g/mol. The van der Waals surface area contributed by atoms with Crippen molar-refractivity contribution in [3.8, 4) is 22.9 Å². The van der Waals surface area contributed by atoms with Gasteiger partial charge in [-0.15, -0.1) is 16.8 Å². The molecule has 7 nitrogen and oxygen atoms in total. The van der Waals surface area contributed by atoms with Crippen LogP contribution in [0, 0.1) is 0 Å². The van der Waals surface area contributed by atoms with E-state index in [1.54, 1.807) is 11.0 Å². The van der Waals surface area contributed by atoms with Gasteiger partial charge in [-0.1, -0.05) is 55.1 Å². The molecule has 8 heteroatoms. The van der Waals surface area contributed by atoms with E-state index in [-0.39, 0.29) is 5.91 Å². The molecule has 32 heavy (non-hydrogen) atoms. The average Bonchev–Trinajstić information content (AvgIpc) is 2.95. The van der Waals surface area contributed by atoms with Gasteiger partial charge >= 0.3 is 0 Å². The number of aromatic nitrogens is 3. The van der Waals surface area contributed by atoms with Gasteiger partial charge in [0.05, 0.1) is 17.9 Å². The SMILES string of the molecule is C=CCSc1nnc2c(n1)O[C@@H](c1ccccc1OCCC)N(C(C)=O)c1ccccc1-2. The van der Waals surface area contributed by atoms with Crippen molar-refractivity contribution >= 4 is 23.4 Å². The van der Waals surface area contributed by atoms with Gasteiger partial charge in [0.1, 0.15) is 5.75 Å². The van der Waals surface area contributed by atoms with Crippen molar-refractivity contribution in [2.24, 2.45) is 0 Å². The quantitative estimate of drug-likeness (QED) is 0.370. The molecular weight excluding hydrogens is 424 g/mol. The first-order chi connectivity index (χ1) is 15.6. The number of anilines is 1. The summed E-state index contributed by atoms with van der Waals surface area (Å²) >= 11 is 1.41. The summed E-state index contributed by atoms with van der Waals surface area (Å²) in [4.78, 5) is 19.1. The molecule has 1 aromatic heterocycles. The number of ether oxygens (including phenoxy) is 2. The third-order valence-electron chi connectivity index (χ3n) is 4.83. The maximum absolute atomic E-state index is 12.9. The van der Waals surface area contributed by atoms with Crippen LogP contribution in [0.1, 0.15) is 32.1 Å². The predicted octanol–water partition coefficient (Wildman–Crippen LogP) is 5.05. The highest BCUT2D eigenvalue weighted by atomic mass is 32.2. The van der Waals surface area contributed by atoms with Crippen LogP contribution in [-0.2, 0) is 4.79 Å². The van der Waals surface area contributed by atoms with Crippen molar-refractivity contribution in [2.75, 3.05) is 17.3 Å². The number of para-hydroxylation sites is 2. The van der Waals surface area contributed by atoms with E-state index in [9.17, 15) is 4.79 Å². The zero-order valence-electron chi connectivity index (χ0n) is 18.0. The normalized spacial score (nSPS) is 14.6. The second-order valence-electron chi connectivity index (χ2n) is 7.11. The van der Waals surface area contributed by atoms with Crippen molar-refractivity contribution in [1.29, 1.82) is 0 Å². The monoisotopic (exact) mass is 448 g/mol. The zero-order chi connectivity index (χ0) is 22.5. The molecule has 1 aliphatic heterocycles. The molecule has 1 atom stereocenters. The molecule has 164 valence electrons. The number of nitrogens with zero attached hydrogens (tertiary/aromatic N) is 4. The summed E-state index contributed by atoms with van der Waals surface area (Å²) in [5.74, 6) is 1.45. The van der Waals surface area contributed by atoms with Crippen molar-refractivity contribution in [1.82, 2.24) is 15.2 Å². The number of rotatable bonds is 7. The molecule has 3 aromatic rings. The molecule has 1 amide bonds. The van der Waals surface area contributed by atoms with E-state index >= 15 is 0 Å². The molecule has 0 saturated carbocycles. The lowest BCUT2D eigenvalue weighted by Gasteiger charge is -2.30. The third kappa shape index (κ3) is 4.31. The first-order valence-corrected chi connectivity index (χ1v) is 11.4. The van der Waals surface area contributed by atoms with Crippen molar-refractivity contribution in [3.05, 3.63) is 66.7 Å². The summed E-state index contributed by atoms with van der Waals surface area (Å²) in [5.41, 5.74) is 2.63. The standard InChI is InChI=1S/C24H24N4O3S/c1-4-14-30-20-13-9-7-11-18(20)23-28(16(3)29)19-12-8-6-10-17(19)21-22(31-23)25-24(27-26-21)32-15-5-2/h5-13,23H,2,4,14-15H2,1,3H3/t23-/m0/s1. The number of thioether (sulfide) groups is 1. The Morgan fingerprint density at radius 3 is 2.78 bits per heavy atom. The van der Waals surface area contributed by atoms with Crippen molar-refractivity contribution < 1.29 is 14.3 Å². The van der Waals surface area contributed by atoms with Gasteiger partial charge in [0.15, 0.2) is 5.69 Å². The molecule has 0 bridgehead atoms. The number of carbonyl (C=O) groups is 1. The van der Waals surface area contributed by atoms with Crippen LogP contribution in [0.2, 0.25) is 0 Å². The minimum Gasteiger partial charge on any atom is -0.493 e. The Morgan fingerprint density at radius 1 is 1.22 bits per heavy atom. The van der Waals surface area contributed by atoms with Crippen LogP contribution >= 0.6 is 11.8 Å². The molecule has 0 unspecified atom stereocenters. The fourth-order valence-electron chi connectivity index (χ4n) is 3.48. The van der Waals surface area contributed by atoms with Crippen LogP contribution in [0.4, 0.5) is 5.69 Å². The van der Waals surface area contributed by atoms with Gasteiger partial charge in [-0.25, -0.2) is 0 Å². The lowest BCUT2D eigenvalue weighted by atomic mass is 10.1. The molecule has 0 fully saturated rings. The largest absolute Gasteiger partial charge is 0.493 e. The zero-order valence-corrected chi connectivity index (χ0v) is 18.8. The third-order valence-corrected chi connectivity index (χ3v) is 5.66. The Hall–Kier alpha value is -3.39. The number of hydrogen-bond acceptors (Lipinski definition) is 7. The molecular formula is C24H24N4O3S. The summed E-state index contributed by atoms with van der Waals surface area (Å²) in [6, 6.07) is 15.1. The lowest BCUT2D eigenvalue weighted by molar-refractivity contribution is -0.118. The minimum absolute atomic E-state index is 0.172. The highest BCUT2D eigenvalue weighted by Crippen LogP contribution is 2.44. The van der Waals surface area contributed by atoms with Gasteiger partial charge < -0.3 is 9.47 Å². The fourth-order valence-corrected chi connectivity index (χ4v) is 3.99. The second-order valence-corrected chi connectivity index (χ2v) is 8.10. The Balaban J connectivity index is 1.90. The van der Waals surface area contributed by atoms with E-state index in [1.807, 2.05) is 55.5 Å². The maximum Gasteiger partial charge on any atom is 0.247 e. The van der Waals surface area contributed by atoms with E-state index in [4.69, 9.17) is 9.47 Å². The summed E-state index contributed by atoms with van der Waals surface area (Å²) in [7, 11) is 0. The summed E-state index contributed by atoms with van der Waals surface area (Å²) in [6.07, 6.45) is 1.86. The van der Waals surface area contributed by atoms with Crippen LogP contribution in [0.3, 0.4) is 0 Å². The molecule has 4 rings (SSSR count). The van der Waals surface area contributed by atoms with E-state index in [1.165, 1.54) is 18.7 Å². The van der Waals surface area contributed by atoms with Gasteiger partial charge in [-0.3, -0.25) is 9.69 Å². The molecule has 0 saturated heterocycles. The van der Waals surface area contributed by atoms with E-state index in [2.05, 4.69) is 21.8 Å². The number of hydrogen-bond donors (Lipinski definition) is 0. The first kappa shape index (κ1) is 21.8. The molecule has 1 aliphatic rings. The van der Waals surface area contributed by atoms with Gasteiger partial charge in [0.2, 0.25) is 23.2 Å². The Morgan fingerprint density at radius 2 is 2.00 bits per heavy atom. The molecule has 0 radical (unpaired) electrons. The fraction of sp³-hybridized carbons (Fsp3) is 0.250. The Labute approximate surface area is 191 Å². The molecule has 0 spiro atoms. The Kier molecular flexibility index (Phi) is 6.70. The second kappa shape index (κ2) is 9.82. The summed E-state index contributed by atoms with van der Waals surface area (Å²) in [5, 5.41) is 9.13. The maximum atomic E-state index is 12.9. The van der Waals surface area contributed by atoms with Crippen molar-refractivity contribution in [2.45, 2.75) is 31.7 Å². The number of fused-ring (bicyclic) bond motifs is 3. The predicted molar refractivity (Wildman–Crippen MR) is 125 cm³/mol. The van der Waals surface area contributed by atoms with E-state index < -0.39 is 6.23 Å². The van der Waals surface area contributed by atoms with Gasteiger partial charge in [-0.05, 0) is 24.6 Å². The topological polar surface area (TPSA) is 77.4 Å². The minimum atomic E-state index is -0.781. The summed E-state index contributed by atoms with van der Waals surface area (Å²) < 4.78 is 12.4. The van der Waals surface area contributed by atoms with E-state index in [0.717, 1.165) is 17.5 Å². The number of amides is 1. The van der Waals surface area contributed by atoms with E-state index in [0.29, 0.717) is 40.5 Å². The Bertz CT molecular complexity index is 1140. The van der Waals surface area contributed by atoms with Crippen LogP contribution in [0.15, 0.2) is 66.3 Å². The molecule has 0 aliphatic carbocycles.